The third kappa shape index (κ3) is 6.26. The van der Waals surface area contributed by atoms with Crippen molar-refractivity contribution >= 4 is 21.6 Å². The number of alkyl halides is 3. The molecule has 0 amide bonds. The number of nitrogens with one attached hydrogen (secondary N) is 1. The molecule has 0 heterocycles. The van der Waals surface area contributed by atoms with Crippen LogP contribution in [-0.2, 0) is 6.54 Å². The molecule has 0 radical (unpaired) electrons. The van der Waals surface area contributed by atoms with Crippen molar-refractivity contribution in [3.8, 4) is 0 Å². The van der Waals surface area contributed by atoms with Crippen molar-refractivity contribution in [1.29, 1.82) is 0 Å². The van der Waals surface area contributed by atoms with Crippen LogP contribution in [0.5, 0.6) is 0 Å². The van der Waals surface area contributed by atoms with Crippen LogP contribution in [0.2, 0.25) is 0 Å². The number of benzene rings is 1. The molecule has 0 aliphatic carbocycles. The fraction of sp³-hybridized carbons (Fsp3) is 0.500. The maximum atomic E-state index is 11.9. The van der Waals surface area contributed by atoms with Gasteiger partial charge < -0.3 is 11.1 Å². The second-order valence-electron chi connectivity index (χ2n) is 4.10. The standard InChI is InChI=1S/C12H16BrF3N2/c13-11-4-3-10(17)7-9(11)8-18-6-2-1-5-12(14,15)16/h3-4,7,18H,1-2,5-6,8,17H2. The van der Waals surface area contributed by atoms with Crippen molar-refractivity contribution in [1.82, 2.24) is 5.32 Å². The van der Waals surface area contributed by atoms with Gasteiger partial charge in [0.1, 0.15) is 0 Å². The van der Waals surface area contributed by atoms with Crippen LogP contribution in [0.15, 0.2) is 22.7 Å². The maximum absolute atomic E-state index is 11.9. The van der Waals surface area contributed by atoms with Gasteiger partial charge in [-0.05, 0) is 43.1 Å². The number of hydrogen-bond donors (Lipinski definition) is 2. The topological polar surface area (TPSA) is 38.0 Å². The summed E-state index contributed by atoms with van der Waals surface area (Å²) in [7, 11) is 0. The third-order valence-corrected chi connectivity index (χ3v) is 3.22. The van der Waals surface area contributed by atoms with Gasteiger partial charge in [-0.15, -0.1) is 0 Å². The molecule has 1 aromatic rings. The van der Waals surface area contributed by atoms with Crippen LogP contribution in [0.3, 0.4) is 0 Å². The average molecular weight is 325 g/mol. The molecular weight excluding hydrogens is 309 g/mol. The monoisotopic (exact) mass is 324 g/mol. The van der Waals surface area contributed by atoms with Gasteiger partial charge >= 0.3 is 6.18 Å². The molecule has 0 atom stereocenters. The summed E-state index contributed by atoms with van der Waals surface area (Å²) in [5, 5.41) is 3.10. The van der Waals surface area contributed by atoms with Crippen LogP contribution < -0.4 is 11.1 Å². The lowest BCUT2D eigenvalue weighted by atomic mass is 10.2. The number of anilines is 1. The lowest BCUT2D eigenvalue weighted by Gasteiger charge is -2.09. The Morgan fingerprint density at radius 2 is 1.94 bits per heavy atom. The van der Waals surface area contributed by atoms with Gasteiger partial charge in [-0.2, -0.15) is 13.2 Å². The van der Waals surface area contributed by atoms with Crippen molar-refractivity contribution < 1.29 is 13.2 Å². The van der Waals surface area contributed by atoms with Crippen molar-refractivity contribution in [3.63, 3.8) is 0 Å². The fourth-order valence-corrected chi connectivity index (χ4v) is 1.92. The molecule has 0 unspecified atom stereocenters. The van der Waals surface area contributed by atoms with Crippen LogP contribution in [-0.4, -0.2) is 12.7 Å². The molecule has 18 heavy (non-hydrogen) atoms. The van der Waals surface area contributed by atoms with E-state index in [1.807, 2.05) is 12.1 Å². The minimum atomic E-state index is -4.04. The lowest BCUT2D eigenvalue weighted by Crippen LogP contribution is -2.16. The molecule has 0 fully saturated rings. The molecule has 0 saturated carbocycles. The van der Waals surface area contributed by atoms with Gasteiger partial charge in [-0.1, -0.05) is 15.9 Å². The van der Waals surface area contributed by atoms with E-state index in [9.17, 15) is 13.2 Å². The van der Waals surface area contributed by atoms with Crippen LogP contribution in [0, 0.1) is 0 Å². The van der Waals surface area contributed by atoms with Gasteiger partial charge in [-0.3, -0.25) is 0 Å². The second-order valence-corrected chi connectivity index (χ2v) is 4.95. The molecule has 0 aliphatic heterocycles. The number of nitrogens with two attached hydrogens (primary N) is 1. The molecule has 6 heteroatoms. The summed E-state index contributed by atoms with van der Waals surface area (Å²) in [6, 6.07) is 5.49. The predicted octanol–water partition coefficient (Wildman–Crippen LogP) is 3.85. The Kier molecular flexibility index (Phi) is 5.95. The van der Waals surface area contributed by atoms with E-state index in [1.54, 1.807) is 6.07 Å². The minimum Gasteiger partial charge on any atom is -0.399 e. The molecule has 102 valence electrons. The Morgan fingerprint density at radius 3 is 2.61 bits per heavy atom. The van der Waals surface area contributed by atoms with Crippen molar-refractivity contribution in [3.05, 3.63) is 28.2 Å². The fourth-order valence-electron chi connectivity index (χ4n) is 1.53. The molecule has 0 aromatic heterocycles. The number of nitrogen functional groups attached to an aromatic ring is 1. The predicted molar refractivity (Wildman–Crippen MR) is 70.2 cm³/mol. The van der Waals surface area contributed by atoms with Crippen molar-refractivity contribution in [2.75, 3.05) is 12.3 Å². The van der Waals surface area contributed by atoms with Gasteiger partial charge in [0, 0.05) is 23.1 Å². The van der Waals surface area contributed by atoms with E-state index in [4.69, 9.17) is 5.73 Å². The Hall–Kier alpha value is -0.750. The minimum absolute atomic E-state index is 0.161. The molecule has 0 spiro atoms. The Labute approximate surface area is 113 Å². The Bertz CT molecular complexity index is 380. The number of hydrogen-bond acceptors (Lipinski definition) is 2. The second kappa shape index (κ2) is 6.99. The van der Waals surface area contributed by atoms with Gasteiger partial charge in [0.2, 0.25) is 0 Å². The first-order chi connectivity index (χ1) is 8.38. The normalized spacial score (nSPS) is 11.8. The first-order valence-corrected chi connectivity index (χ1v) is 6.49. The molecular formula is C12H16BrF3N2. The van der Waals surface area contributed by atoms with Gasteiger partial charge in [-0.25, -0.2) is 0 Å². The molecule has 2 nitrogen and oxygen atoms in total. The SMILES string of the molecule is Nc1ccc(Br)c(CNCCCCC(F)(F)F)c1. The van der Waals surface area contributed by atoms with E-state index >= 15 is 0 Å². The van der Waals surface area contributed by atoms with E-state index in [0.29, 0.717) is 25.2 Å². The molecule has 0 aliphatic rings. The zero-order valence-corrected chi connectivity index (χ0v) is 11.4. The van der Waals surface area contributed by atoms with E-state index in [1.165, 1.54) is 0 Å². The van der Waals surface area contributed by atoms with Crippen LogP contribution in [0.1, 0.15) is 24.8 Å². The number of unbranched alkanes of at least 4 members (excludes halogenated alkanes) is 1. The van der Waals surface area contributed by atoms with Gasteiger partial charge in [0.15, 0.2) is 0 Å². The highest BCUT2D eigenvalue weighted by atomic mass is 79.9. The largest absolute Gasteiger partial charge is 0.399 e. The van der Waals surface area contributed by atoms with Gasteiger partial charge in [0.05, 0.1) is 0 Å². The summed E-state index contributed by atoms with van der Waals surface area (Å²) in [4.78, 5) is 0. The summed E-state index contributed by atoms with van der Waals surface area (Å²) >= 11 is 3.40. The lowest BCUT2D eigenvalue weighted by molar-refractivity contribution is -0.135. The number of halogens is 4. The zero-order valence-electron chi connectivity index (χ0n) is 9.86. The summed E-state index contributed by atoms with van der Waals surface area (Å²) < 4.78 is 36.6. The number of rotatable bonds is 6. The maximum Gasteiger partial charge on any atom is 0.389 e. The molecule has 0 bridgehead atoms. The smallest absolute Gasteiger partial charge is 0.389 e. The Morgan fingerprint density at radius 1 is 1.22 bits per heavy atom. The molecule has 1 rings (SSSR count). The van der Waals surface area contributed by atoms with Crippen LogP contribution >= 0.6 is 15.9 Å². The van der Waals surface area contributed by atoms with Crippen LogP contribution in [0.4, 0.5) is 18.9 Å². The summed E-state index contributed by atoms with van der Waals surface area (Å²) in [6.45, 7) is 1.16. The van der Waals surface area contributed by atoms with E-state index in [0.717, 1.165) is 10.0 Å². The highest BCUT2D eigenvalue weighted by Gasteiger charge is 2.25. The van der Waals surface area contributed by atoms with Gasteiger partial charge in [0.25, 0.3) is 0 Å². The summed E-state index contributed by atoms with van der Waals surface area (Å²) in [5.74, 6) is 0. The molecule has 3 N–H and O–H groups in total. The first-order valence-electron chi connectivity index (χ1n) is 5.70. The quantitative estimate of drug-likeness (QED) is 0.616. The highest BCUT2D eigenvalue weighted by Crippen LogP contribution is 2.22. The third-order valence-electron chi connectivity index (χ3n) is 2.45. The van der Waals surface area contributed by atoms with E-state index in [2.05, 4.69) is 21.2 Å². The summed E-state index contributed by atoms with van der Waals surface area (Å²) in [6.07, 6.45) is -4.08. The highest BCUT2D eigenvalue weighted by molar-refractivity contribution is 9.10. The zero-order chi connectivity index (χ0) is 13.6. The summed E-state index contributed by atoms with van der Waals surface area (Å²) in [5.41, 5.74) is 7.33. The van der Waals surface area contributed by atoms with E-state index < -0.39 is 12.6 Å². The van der Waals surface area contributed by atoms with E-state index in [-0.39, 0.29) is 6.42 Å². The molecule has 1 aromatic carbocycles. The Balaban J connectivity index is 2.20. The average Bonchev–Trinajstić information content (AvgIpc) is 2.26. The van der Waals surface area contributed by atoms with Crippen molar-refractivity contribution in [2.24, 2.45) is 0 Å². The van der Waals surface area contributed by atoms with Crippen LogP contribution in [0.25, 0.3) is 0 Å². The first kappa shape index (κ1) is 15.3. The molecule has 0 saturated heterocycles. The van der Waals surface area contributed by atoms with Crippen molar-refractivity contribution in [2.45, 2.75) is 32.0 Å².